The summed E-state index contributed by atoms with van der Waals surface area (Å²) in [6, 6.07) is -1.13. The van der Waals surface area contributed by atoms with Gasteiger partial charge in [-0.15, -0.1) is 0 Å². The summed E-state index contributed by atoms with van der Waals surface area (Å²) in [5.41, 5.74) is 0. The van der Waals surface area contributed by atoms with Crippen LogP contribution in [0.25, 0.3) is 0 Å². The number of carbonyl (C=O) groups excluding carboxylic acids is 7. The van der Waals surface area contributed by atoms with Gasteiger partial charge in [0.1, 0.15) is 6.04 Å². The molecule has 0 rings (SSSR count). The summed E-state index contributed by atoms with van der Waals surface area (Å²) >= 11 is 0. The number of ether oxygens (including phenoxy) is 4. The van der Waals surface area contributed by atoms with Gasteiger partial charge in [-0.2, -0.15) is 0 Å². The van der Waals surface area contributed by atoms with E-state index < -0.39 is 23.9 Å². The van der Waals surface area contributed by atoms with Gasteiger partial charge in [-0.05, 0) is 31.1 Å². The van der Waals surface area contributed by atoms with E-state index in [0.717, 1.165) is 0 Å². The lowest BCUT2D eigenvalue weighted by atomic mass is 10.1. The minimum Gasteiger partial charge on any atom is -0.481 e. The van der Waals surface area contributed by atoms with E-state index in [9.17, 15) is 48.3 Å². The molecule has 0 unspecified atom stereocenters. The smallest absolute Gasteiger partial charge is 0.326 e. The number of nitrogens with one attached hydrogen (secondary N) is 6. The van der Waals surface area contributed by atoms with E-state index in [1.807, 2.05) is 27.7 Å². The second kappa shape index (κ2) is 38.5. The zero-order valence-corrected chi connectivity index (χ0v) is 38.3. The third kappa shape index (κ3) is 37.6. The first kappa shape index (κ1) is 59.1. The van der Waals surface area contributed by atoms with E-state index in [4.69, 9.17) is 24.1 Å². The first-order valence-electron chi connectivity index (χ1n) is 22.2. The van der Waals surface area contributed by atoms with Crippen molar-refractivity contribution in [3.63, 3.8) is 0 Å². The number of aliphatic carboxylic acids is 2. The SMILES string of the molecule is CC(C)CC(=O)NCCN(CCNC(=O)CC(C)C)C(=O)CCC(=O)NCCOCCOCCC(=O)NCCOCCOCCC(=O)NCCCC[C@H](NC(=O)CCC(=O)O)C(=O)O. The lowest BCUT2D eigenvalue weighted by Crippen LogP contribution is -2.43. The molecule has 368 valence electrons. The quantitative estimate of drug-likeness (QED) is 0.0366. The van der Waals surface area contributed by atoms with Gasteiger partial charge in [-0.25, -0.2) is 4.79 Å². The molecule has 22 heteroatoms. The molecule has 0 saturated carbocycles. The number of carboxylic acid groups (broad SMARTS) is 2. The molecule has 0 aromatic heterocycles. The van der Waals surface area contributed by atoms with Crippen LogP contribution in [0.2, 0.25) is 0 Å². The summed E-state index contributed by atoms with van der Waals surface area (Å²) in [6.45, 7) is 11.6. The molecule has 0 saturated heterocycles. The first-order chi connectivity index (χ1) is 30.5. The van der Waals surface area contributed by atoms with E-state index in [2.05, 4.69) is 31.9 Å². The van der Waals surface area contributed by atoms with E-state index in [1.165, 1.54) is 4.90 Å². The van der Waals surface area contributed by atoms with Crippen molar-refractivity contribution < 1.29 is 72.3 Å². The molecule has 0 bridgehead atoms. The van der Waals surface area contributed by atoms with Crippen molar-refractivity contribution >= 4 is 53.3 Å². The van der Waals surface area contributed by atoms with Gasteiger partial charge < -0.3 is 66.0 Å². The Labute approximate surface area is 376 Å². The molecule has 0 aliphatic rings. The van der Waals surface area contributed by atoms with E-state index in [0.29, 0.717) is 38.8 Å². The van der Waals surface area contributed by atoms with Crippen molar-refractivity contribution in [2.45, 2.75) is 104 Å². The Morgan fingerprint density at radius 1 is 0.453 bits per heavy atom. The molecule has 7 amide bonds. The molecule has 22 nitrogen and oxygen atoms in total. The van der Waals surface area contributed by atoms with Crippen molar-refractivity contribution in [2.24, 2.45) is 11.8 Å². The van der Waals surface area contributed by atoms with Crippen LogP contribution in [0.15, 0.2) is 0 Å². The minimum absolute atomic E-state index is 0.0253. The Morgan fingerprint density at radius 3 is 1.33 bits per heavy atom. The fourth-order valence-corrected chi connectivity index (χ4v) is 5.50. The first-order valence-corrected chi connectivity index (χ1v) is 22.2. The predicted molar refractivity (Wildman–Crippen MR) is 233 cm³/mol. The van der Waals surface area contributed by atoms with E-state index in [-0.39, 0.29) is 178 Å². The van der Waals surface area contributed by atoms with Crippen LogP contribution in [0, 0.1) is 11.8 Å². The van der Waals surface area contributed by atoms with Gasteiger partial charge in [0.05, 0.1) is 59.3 Å². The van der Waals surface area contributed by atoms with Gasteiger partial charge in [0, 0.05) is 90.8 Å². The largest absolute Gasteiger partial charge is 0.481 e. The summed E-state index contributed by atoms with van der Waals surface area (Å²) in [6.07, 6.45) is 1.34. The molecule has 8 N–H and O–H groups in total. The third-order valence-electron chi connectivity index (χ3n) is 8.78. The van der Waals surface area contributed by atoms with Crippen molar-refractivity contribution in [3.8, 4) is 0 Å². The Hall–Kier alpha value is -4.93. The zero-order valence-electron chi connectivity index (χ0n) is 38.3. The van der Waals surface area contributed by atoms with E-state index >= 15 is 0 Å². The Morgan fingerprint density at radius 2 is 0.875 bits per heavy atom. The average Bonchev–Trinajstić information content (AvgIpc) is 3.21. The molecule has 0 aliphatic carbocycles. The molecule has 64 heavy (non-hydrogen) atoms. The summed E-state index contributed by atoms with van der Waals surface area (Å²) < 4.78 is 21.7. The zero-order chi connectivity index (χ0) is 48.0. The molecular weight excluding hydrogens is 842 g/mol. The lowest BCUT2D eigenvalue weighted by Gasteiger charge is -2.23. The Kier molecular flexibility index (Phi) is 35.6. The number of carboxylic acids is 2. The molecule has 0 aromatic carbocycles. The normalized spacial score (nSPS) is 11.4. The van der Waals surface area contributed by atoms with Crippen LogP contribution >= 0.6 is 0 Å². The van der Waals surface area contributed by atoms with Gasteiger partial charge in [0.15, 0.2) is 0 Å². The number of unbranched alkanes of at least 4 members (excludes halogenated alkanes) is 1. The summed E-state index contributed by atoms with van der Waals surface area (Å²) in [5.74, 6) is -3.82. The summed E-state index contributed by atoms with van der Waals surface area (Å²) in [4.78, 5) is 108. The van der Waals surface area contributed by atoms with Gasteiger partial charge in [-0.3, -0.25) is 38.4 Å². The highest BCUT2D eigenvalue weighted by atomic mass is 16.5. The topological polar surface area (TPSA) is 306 Å². The maximum absolute atomic E-state index is 12.9. The number of hydrogen-bond donors (Lipinski definition) is 8. The van der Waals surface area contributed by atoms with Crippen LogP contribution in [0.3, 0.4) is 0 Å². The fraction of sp³-hybridized carbons (Fsp3) is 0.786. The molecular formula is C42H75N7O15. The van der Waals surface area contributed by atoms with Crippen LogP contribution < -0.4 is 31.9 Å². The fourth-order valence-electron chi connectivity index (χ4n) is 5.50. The van der Waals surface area contributed by atoms with Crippen LogP contribution in [-0.2, 0) is 62.1 Å². The summed E-state index contributed by atoms with van der Waals surface area (Å²) in [5, 5.41) is 33.9. The second-order valence-electron chi connectivity index (χ2n) is 15.6. The van der Waals surface area contributed by atoms with Crippen LogP contribution in [0.1, 0.15) is 98.3 Å². The molecule has 1 atom stereocenters. The summed E-state index contributed by atoms with van der Waals surface area (Å²) in [7, 11) is 0. The number of rotatable bonds is 41. The maximum Gasteiger partial charge on any atom is 0.326 e. The van der Waals surface area contributed by atoms with Crippen molar-refractivity contribution in [1.29, 1.82) is 0 Å². The molecule has 0 fully saturated rings. The highest BCUT2D eigenvalue weighted by molar-refractivity contribution is 5.86. The highest BCUT2D eigenvalue weighted by Gasteiger charge is 2.20. The molecule has 0 aliphatic heterocycles. The number of carbonyl (C=O) groups is 9. The molecule has 0 aromatic rings. The average molecular weight is 918 g/mol. The number of hydrogen-bond acceptors (Lipinski definition) is 13. The molecule has 0 heterocycles. The lowest BCUT2D eigenvalue weighted by molar-refractivity contribution is -0.142. The highest BCUT2D eigenvalue weighted by Crippen LogP contribution is 2.04. The van der Waals surface area contributed by atoms with Gasteiger partial charge in [0.2, 0.25) is 41.4 Å². The third-order valence-corrected chi connectivity index (χ3v) is 8.78. The van der Waals surface area contributed by atoms with Gasteiger partial charge >= 0.3 is 11.9 Å². The van der Waals surface area contributed by atoms with E-state index in [1.54, 1.807) is 0 Å². The van der Waals surface area contributed by atoms with Crippen molar-refractivity contribution in [2.75, 3.05) is 98.7 Å². The Balaban J connectivity index is 3.90. The molecule has 0 spiro atoms. The monoisotopic (exact) mass is 918 g/mol. The van der Waals surface area contributed by atoms with Crippen molar-refractivity contribution in [1.82, 2.24) is 36.8 Å². The van der Waals surface area contributed by atoms with Crippen LogP contribution in [0.5, 0.6) is 0 Å². The Bertz CT molecular complexity index is 1370. The number of nitrogens with zero attached hydrogens (tertiary/aromatic N) is 1. The van der Waals surface area contributed by atoms with Crippen LogP contribution in [0.4, 0.5) is 0 Å². The minimum atomic E-state index is -1.22. The second-order valence-corrected chi connectivity index (χ2v) is 15.6. The van der Waals surface area contributed by atoms with Crippen molar-refractivity contribution in [3.05, 3.63) is 0 Å². The van der Waals surface area contributed by atoms with Crippen LogP contribution in [-0.4, -0.2) is 173 Å². The van der Waals surface area contributed by atoms with Gasteiger partial charge in [0.25, 0.3) is 0 Å². The predicted octanol–water partition coefficient (Wildman–Crippen LogP) is -0.281. The maximum atomic E-state index is 12.9. The van der Waals surface area contributed by atoms with Gasteiger partial charge in [-0.1, -0.05) is 27.7 Å². The standard InChI is InChI=1S/C42H75N7O15/c1-31(2)29-38(54)44-15-19-49(20-16-45-39(55)30-32(3)4)40(56)10-8-34(50)46-17-23-63-27-26-62-22-13-36(52)47-18-24-64-28-25-61-21-12-35(51)43-14-6-5-7-33(42(59)60)48-37(53)9-11-41(57)58/h31-33H,5-30H2,1-4H3,(H,43,51)(H,44,54)(H,45,55)(H,46,50)(H,47,52)(H,48,53)(H,57,58)(H,59,60)/t33-/m0/s1. The number of amides is 7. The molecule has 0 radical (unpaired) electrons.